The van der Waals surface area contributed by atoms with Gasteiger partial charge in [0.1, 0.15) is 0 Å². The highest BCUT2D eigenvalue weighted by atomic mass is 79.9. The summed E-state index contributed by atoms with van der Waals surface area (Å²) in [6.45, 7) is 1.75. The Labute approximate surface area is 116 Å². The first-order valence-electron chi connectivity index (χ1n) is 6.70. The Morgan fingerprint density at radius 3 is 3.11 bits per heavy atom. The van der Waals surface area contributed by atoms with Crippen molar-refractivity contribution in [1.82, 2.24) is 0 Å². The second-order valence-corrected chi connectivity index (χ2v) is 5.68. The van der Waals surface area contributed by atoms with E-state index in [4.69, 9.17) is 4.74 Å². The average molecular weight is 308 g/mol. The summed E-state index contributed by atoms with van der Waals surface area (Å²) in [7, 11) is 0. The van der Waals surface area contributed by atoms with Gasteiger partial charge in [0.05, 0.1) is 18.0 Å². The second kappa shape index (κ2) is 5.54. The van der Waals surface area contributed by atoms with Gasteiger partial charge < -0.3 is 4.74 Å². The molecule has 3 heteroatoms. The number of rotatable bonds is 3. The molecule has 0 radical (unpaired) electrons. The van der Waals surface area contributed by atoms with Crippen LogP contribution in [0.2, 0.25) is 0 Å². The van der Waals surface area contributed by atoms with Crippen molar-refractivity contribution in [2.45, 2.75) is 31.3 Å². The number of hydrogen-bond donors (Lipinski definition) is 0. The van der Waals surface area contributed by atoms with Crippen molar-refractivity contribution in [1.29, 1.82) is 0 Å². The number of hydrogen-bond acceptors (Lipinski definition) is 2. The summed E-state index contributed by atoms with van der Waals surface area (Å²) < 4.78 is 5.94. The molecule has 0 bridgehead atoms. The Bertz CT molecular complexity index is 534. The molecule has 2 atom stereocenters. The first-order chi connectivity index (χ1) is 8.88. The molecule has 3 rings (SSSR count). The highest BCUT2D eigenvalue weighted by Crippen LogP contribution is 2.29. The molecule has 0 aliphatic carbocycles. The maximum atomic E-state index is 5.94. The summed E-state index contributed by atoms with van der Waals surface area (Å²) in [5.74, 6) is 0.463. The van der Waals surface area contributed by atoms with Crippen molar-refractivity contribution >= 4 is 22.0 Å². The van der Waals surface area contributed by atoms with Crippen LogP contribution in [0.1, 0.15) is 30.7 Å². The van der Waals surface area contributed by atoms with Crippen molar-refractivity contribution in [3.05, 3.63) is 34.3 Å². The van der Waals surface area contributed by atoms with E-state index in [-0.39, 0.29) is 0 Å². The molecule has 2 nitrogen and oxygen atoms in total. The lowest BCUT2D eigenvalue weighted by atomic mass is 9.90. The summed E-state index contributed by atoms with van der Waals surface area (Å²) >= 11 is 3.66. The Hall–Kier alpha value is -0.670. The molecule has 0 N–H and O–H groups in total. The molecular formula is C15H18BrNO. The zero-order valence-electron chi connectivity index (χ0n) is 10.4. The van der Waals surface area contributed by atoms with E-state index in [0.717, 1.165) is 23.8 Å². The molecule has 1 aromatic rings. The maximum Gasteiger partial charge on any atom is 0.0651 e. The van der Waals surface area contributed by atoms with Crippen LogP contribution >= 0.6 is 15.9 Å². The molecule has 96 valence electrons. The summed E-state index contributed by atoms with van der Waals surface area (Å²) in [5, 5.41) is 3.39. The van der Waals surface area contributed by atoms with Gasteiger partial charge in [0, 0.05) is 17.9 Å². The van der Waals surface area contributed by atoms with E-state index in [1.54, 1.807) is 0 Å². The largest absolute Gasteiger partial charge is 0.378 e. The molecule has 1 saturated heterocycles. The Balaban J connectivity index is 1.89. The van der Waals surface area contributed by atoms with Crippen LogP contribution in [0.25, 0.3) is 6.08 Å². The van der Waals surface area contributed by atoms with Gasteiger partial charge in [0.2, 0.25) is 0 Å². The Morgan fingerprint density at radius 1 is 1.39 bits per heavy atom. The van der Waals surface area contributed by atoms with Crippen molar-refractivity contribution < 1.29 is 4.74 Å². The van der Waals surface area contributed by atoms with Gasteiger partial charge in [-0.2, -0.15) is 0 Å². The van der Waals surface area contributed by atoms with Crippen LogP contribution in [-0.4, -0.2) is 24.6 Å². The third-order valence-corrected chi connectivity index (χ3v) is 4.58. The van der Waals surface area contributed by atoms with E-state index < -0.39 is 0 Å². The topological polar surface area (TPSA) is 21.6 Å². The highest BCUT2D eigenvalue weighted by Gasteiger charge is 2.25. The minimum absolute atomic E-state index is 0.370. The second-order valence-electron chi connectivity index (χ2n) is 5.03. The van der Waals surface area contributed by atoms with Crippen LogP contribution < -0.4 is 10.6 Å². The van der Waals surface area contributed by atoms with Crippen LogP contribution in [0.3, 0.4) is 0 Å². The number of benzene rings is 1. The van der Waals surface area contributed by atoms with Gasteiger partial charge in [-0.25, -0.2) is 0 Å². The predicted molar refractivity (Wildman–Crippen MR) is 76.7 cm³/mol. The average Bonchev–Trinajstić information content (AvgIpc) is 2.88. The minimum atomic E-state index is 0.370. The van der Waals surface area contributed by atoms with Gasteiger partial charge >= 0.3 is 0 Å². The van der Waals surface area contributed by atoms with E-state index in [1.807, 2.05) is 0 Å². The van der Waals surface area contributed by atoms with Gasteiger partial charge in [-0.3, -0.25) is 4.99 Å². The van der Waals surface area contributed by atoms with Crippen molar-refractivity contribution in [3.63, 3.8) is 0 Å². The van der Waals surface area contributed by atoms with Crippen molar-refractivity contribution in [2.75, 3.05) is 18.5 Å². The summed E-state index contributed by atoms with van der Waals surface area (Å²) in [6.07, 6.45) is 6.26. The van der Waals surface area contributed by atoms with E-state index in [9.17, 15) is 0 Å². The monoisotopic (exact) mass is 307 g/mol. The molecule has 0 saturated carbocycles. The van der Waals surface area contributed by atoms with E-state index in [0.29, 0.717) is 12.0 Å². The summed E-state index contributed by atoms with van der Waals surface area (Å²) in [4.78, 5) is 4.44. The maximum absolute atomic E-state index is 5.94. The lowest BCUT2D eigenvalue weighted by molar-refractivity contribution is 0.00352. The number of nitrogens with zero attached hydrogens (tertiary/aromatic N) is 1. The predicted octanol–water partition coefficient (Wildman–Crippen LogP) is 2.15. The third-order valence-electron chi connectivity index (χ3n) is 3.88. The van der Waals surface area contributed by atoms with Crippen LogP contribution in [0.5, 0.6) is 0 Å². The molecule has 2 aliphatic rings. The fourth-order valence-corrected chi connectivity index (χ4v) is 3.63. The van der Waals surface area contributed by atoms with Gasteiger partial charge in [-0.15, -0.1) is 0 Å². The van der Waals surface area contributed by atoms with Crippen molar-refractivity contribution in [3.8, 4) is 0 Å². The SMILES string of the molecule is BrCC(c1ccc2c(c1)=CCN=2)C1CCCCO1. The van der Waals surface area contributed by atoms with E-state index >= 15 is 0 Å². The third kappa shape index (κ3) is 2.39. The van der Waals surface area contributed by atoms with Crippen LogP contribution in [0, 0.1) is 0 Å². The van der Waals surface area contributed by atoms with Crippen LogP contribution in [-0.2, 0) is 4.74 Å². The molecule has 0 aromatic heterocycles. The number of fused-ring (bicyclic) bond motifs is 1. The molecule has 18 heavy (non-hydrogen) atoms. The van der Waals surface area contributed by atoms with E-state index in [2.05, 4.69) is 45.2 Å². The molecule has 0 spiro atoms. The molecule has 0 amide bonds. The van der Waals surface area contributed by atoms with Crippen LogP contribution in [0.4, 0.5) is 0 Å². The Morgan fingerprint density at radius 2 is 2.33 bits per heavy atom. The first-order valence-corrected chi connectivity index (χ1v) is 7.83. The highest BCUT2D eigenvalue weighted by molar-refractivity contribution is 9.09. The number of halogens is 1. The smallest absolute Gasteiger partial charge is 0.0651 e. The zero-order valence-corrected chi connectivity index (χ0v) is 12.0. The molecule has 1 aromatic carbocycles. The minimum Gasteiger partial charge on any atom is -0.378 e. The lowest BCUT2D eigenvalue weighted by Gasteiger charge is -2.29. The zero-order chi connectivity index (χ0) is 12.4. The van der Waals surface area contributed by atoms with Gasteiger partial charge in [-0.05, 0) is 42.2 Å². The lowest BCUT2D eigenvalue weighted by Crippen LogP contribution is -2.30. The molecular weight excluding hydrogens is 290 g/mol. The fraction of sp³-hybridized carbons (Fsp3) is 0.533. The van der Waals surface area contributed by atoms with Gasteiger partial charge in [0.25, 0.3) is 0 Å². The number of ether oxygens (including phenoxy) is 1. The fourth-order valence-electron chi connectivity index (χ4n) is 2.84. The molecule has 2 heterocycles. The quantitative estimate of drug-likeness (QED) is 0.784. The molecule has 1 fully saturated rings. The molecule has 2 aliphatic heterocycles. The normalized spacial score (nSPS) is 23.9. The standard InChI is InChI=1S/C15H18BrNO/c16-10-13(15-3-1-2-8-18-15)11-4-5-14-12(9-11)6-7-17-14/h4-6,9,13,15H,1-3,7-8,10H2. The number of alkyl halides is 1. The first kappa shape index (κ1) is 12.4. The van der Waals surface area contributed by atoms with Crippen LogP contribution in [0.15, 0.2) is 23.2 Å². The van der Waals surface area contributed by atoms with Gasteiger partial charge in [0.15, 0.2) is 0 Å². The van der Waals surface area contributed by atoms with E-state index in [1.165, 1.54) is 30.0 Å². The Kier molecular flexibility index (Phi) is 3.80. The molecule has 2 unspecified atom stereocenters. The summed E-state index contributed by atoms with van der Waals surface area (Å²) in [5.41, 5.74) is 1.38. The van der Waals surface area contributed by atoms with Gasteiger partial charge in [-0.1, -0.05) is 28.1 Å². The van der Waals surface area contributed by atoms with Crippen molar-refractivity contribution in [2.24, 2.45) is 4.99 Å². The summed E-state index contributed by atoms with van der Waals surface area (Å²) in [6, 6.07) is 6.65.